The van der Waals surface area contributed by atoms with Crippen molar-refractivity contribution in [2.45, 2.75) is 24.5 Å². The maximum absolute atomic E-state index is 12.0. The van der Waals surface area contributed by atoms with E-state index in [0.29, 0.717) is 15.9 Å². The molecule has 1 aliphatic heterocycles. The van der Waals surface area contributed by atoms with E-state index < -0.39 is 47.5 Å². The van der Waals surface area contributed by atoms with E-state index in [1.54, 1.807) is 0 Å². The quantitative estimate of drug-likeness (QED) is 0.528. The number of methoxy groups -OCH3 is 1. The molecular formula is C11H13NO8S. The second-order valence-electron chi connectivity index (χ2n) is 4.31. The van der Waals surface area contributed by atoms with Crippen LogP contribution in [0.5, 0.6) is 0 Å². The Kier molecular flexibility index (Phi) is 4.54. The zero-order valence-corrected chi connectivity index (χ0v) is 11.6. The van der Waals surface area contributed by atoms with Gasteiger partial charge in [-0.05, 0) is 0 Å². The molecule has 0 saturated carbocycles. The van der Waals surface area contributed by atoms with Gasteiger partial charge in [-0.15, -0.1) is 0 Å². The summed E-state index contributed by atoms with van der Waals surface area (Å²) >= 11 is 0.447. The predicted octanol–water partition coefficient (Wildman–Crippen LogP) is -2.33. The number of rotatable bonds is 3. The third-order valence-corrected chi connectivity index (χ3v) is 3.92. The molecule has 21 heavy (non-hydrogen) atoms. The van der Waals surface area contributed by atoms with E-state index >= 15 is 0 Å². The van der Waals surface area contributed by atoms with Crippen molar-refractivity contribution in [1.29, 1.82) is 0 Å². The number of hydrogen-bond acceptors (Lipinski definition) is 9. The number of aromatic nitrogens is 1. The highest BCUT2D eigenvalue weighted by Gasteiger charge is 2.44. The van der Waals surface area contributed by atoms with Gasteiger partial charge in [-0.1, -0.05) is 11.3 Å². The molecule has 0 radical (unpaired) electrons. The van der Waals surface area contributed by atoms with Gasteiger partial charge >= 0.3 is 10.8 Å². The Balaban J connectivity index is 2.45. The number of carbonyl (C=O) groups excluding carboxylic acids is 1. The zero-order valence-electron chi connectivity index (χ0n) is 10.8. The maximum atomic E-state index is 12.0. The van der Waals surface area contributed by atoms with Gasteiger partial charge in [0.15, 0.2) is 6.23 Å². The second kappa shape index (κ2) is 6.03. The molecule has 0 aromatic carbocycles. The van der Waals surface area contributed by atoms with Crippen molar-refractivity contribution in [2.24, 2.45) is 0 Å². The van der Waals surface area contributed by atoms with Gasteiger partial charge < -0.3 is 24.8 Å². The number of aliphatic hydroxyl groups is 3. The van der Waals surface area contributed by atoms with E-state index in [9.17, 15) is 24.6 Å². The summed E-state index contributed by atoms with van der Waals surface area (Å²) in [6, 6.07) is 0.882. The molecule has 0 unspecified atom stereocenters. The minimum absolute atomic E-state index is 0.185. The van der Waals surface area contributed by atoms with Crippen LogP contribution in [0.4, 0.5) is 0 Å². The minimum Gasteiger partial charge on any atom is -0.465 e. The molecule has 2 rings (SSSR count). The fourth-order valence-electron chi connectivity index (χ4n) is 1.97. The van der Waals surface area contributed by atoms with Gasteiger partial charge in [0.25, 0.3) is 5.56 Å². The molecule has 0 bridgehead atoms. The molecule has 0 aliphatic carbocycles. The summed E-state index contributed by atoms with van der Waals surface area (Å²) in [5.74, 6) is -0.831. The van der Waals surface area contributed by atoms with Crippen molar-refractivity contribution >= 4 is 17.3 Å². The molecule has 9 nitrogen and oxygen atoms in total. The van der Waals surface area contributed by atoms with Gasteiger partial charge in [0.05, 0.1) is 13.7 Å². The number of esters is 1. The van der Waals surface area contributed by atoms with E-state index in [-0.39, 0.29) is 4.88 Å². The largest absolute Gasteiger partial charge is 0.465 e. The standard InChI is InChI=1S/C11H13NO8S/c1-19-10(17)5-2-6(14)12(11(18)21-5)9-8(16)7(15)4(3-13)20-9/h2,4,7-9,13,15-16H,3H2,1H3/t4-,7-,8-,9+/m1/s1. The van der Waals surface area contributed by atoms with Gasteiger partial charge in [-0.25, -0.2) is 9.36 Å². The molecule has 1 fully saturated rings. The Hall–Kier alpha value is -1.59. The van der Waals surface area contributed by atoms with Crippen LogP contribution in [0.25, 0.3) is 0 Å². The van der Waals surface area contributed by atoms with E-state index in [1.807, 2.05) is 0 Å². The van der Waals surface area contributed by atoms with Crippen LogP contribution in [0.3, 0.4) is 0 Å². The fourth-order valence-corrected chi connectivity index (χ4v) is 2.77. The first-order valence-electron chi connectivity index (χ1n) is 5.88. The maximum Gasteiger partial charge on any atom is 0.348 e. The summed E-state index contributed by atoms with van der Waals surface area (Å²) in [6.07, 6.45) is -5.53. The van der Waals surface area contributed by atoms with Gasteiger partial charge in [0, 0.05) is 6.07 Å². The molecule has 1 aliphatic rings. The molecule has 0 amide bonds. The molecule has 4 atom stereocenters. The van der Waals surface area contributed by atoms with Crippen molar-refractivity contribution in [3.8, 4) is 0 Å². The van der Waals surface area contributed by atoms with Crippen LogP contribution >= 0.6 is 11.3 Å². The van der Waals surface area contributed by atoms with Crippen molar-refractivity contribution in [3.05, 3.63) is 31.0 Å². The Morgan fingerprint density at radius 2 is 2.10 bits per heavy atom. The minimum atomic E-state index is -1.55. The molecule has 2 heterocycles. The van der Waals surface area contributed by atoms with E-state index in [4.69, 9.17) is 9.84 Å². The number of carbonyl (C=O) groups is 1. The van der Waals surface area contributed by atoms with Crippen LogP contribution < -0.4 is 10.4 Å². The first kappa shape index (κ1) is 15.8. The summed E-state index contributed by atoms with van der Waals surface area (Å²) in [4.78, 5) is 34.2. The molecule has 10 heteroatoms. The van der Waals surface area contributed by atoms with Gasteiger partial charge in [0.2, 0.25) is 0 Å². The van der Waals surface area contributed by atoms with Crippen molar-refractivity contribution < 1.29 is 29.6 Å². The zero-order chi connectivity index (χ0) is 15.7. The molecular weight excluding hydrogens is 306 g/mol. The Bertz CT molecular complexity index is 621. The Morgan fingerprint density at radius 1 is 1.43 bits per heavy atom. The van der Waals surface area contributed by atoms with Crippen molar-refractivity contribution in [3.63, 3.8) is 0 Å². The fraction of sp³-hybridized carbons (Fsp3) is 0.545. The van der Waals surface area contributed by atoms with Crippen LogP contribution in [-0.2, 0) is 9.47 Å². The second-order valence-corrected chi connectivity index (χ2v) is 5.30. The lowest BCUT2D eigenvalue weighted by atomic mass is 10.1. The van der Waals surface area contributed by atoms with Crippen molar-refractivity contribution in [1.82, 2.24) is 4.57 Å². The lowest BCUT2D eigenvalue weighted by Crippen LogP contribution is -2.40. The first-order valence-corrected chi connectivity index (χ1v) is 6.69. The van der Waals surface area contributed by atoms with Crippen LogP contribution in [0.15, 0.2) is 15.7 Å². The number of nitrogens with zero attached hydrogens (tertiary/aromatic N) is 1. The topological polar surface area (TPSA) is 135 Å². The summed E-state index contributed by atoms with van der Waals surface area (Å²) in [6.45, 7) is -0.582. The van der Waals surface area contributed by atoms with E-state index in [1.165, 1.54) is 0 Å². The third kappa shape index (κ3) is 2.76. The van der Waals surface area contributed by atoms with Crippen LogP contribution in [0, 0.1) is 0 Å². The highest BCUT2D eigenvalue weighted by Crippen LogP contribution is 2.27. The molecule has 1 aromatic rings. The number of ether oxygens (including phenoxy) is 2. The normalized spacial score (nSPS) is 28.6. The average Bonchev–Trinajstić information content (AvgIpc) is 2.73. The smallest absolute Gasteiger partial charge is 0.348 e. The first-order chi connectivity index (χ1) is 9.90. The molecule has 1 aromatic heterocycles. The lowest BCUT2D eigenvalue weighted by molar-refractivity contribution is -0.0553. The Morgan fingerprint density at radius 3 is 2.57 bits per heavy atom. The van der Waals surface area contributed by atoms with Gasteiger partial charge in [0.1, 0.15) is 23.2 Å². The van der Waals surface area contributed by atoms with Crippen LogP contribution in [0.1, 0.15) is 15.9 Å². The summed E-state index contributed by atoms with van der Waals surface area (Å²) in [7, 11) is 1.11. The van der Waals surface area contributed by atoms with Crippen LogP contribution in [-0.4, -0.2) is 57.9 Å². The summed E-state index contributed by atoms with van der Waals surface area (Å²) in [5, 5.41) is 28.4. The van der Waals surface area contributed by atoms with Gasteiger partial charge in [-0.3, -0.25) is 9.59 Å². The monoisotopic (exact) mass is 319 g/mol. The third-order valence-electron chi connectivity index (χ3n) is 3.04. The van der Waals surface area contributed by atoms with Crippen LogP contribution in [0.2, 0.25) is 0 Å². The molecule has 3 N–H and O–H groups in total. The average molecular weight is 319 g/mol. The number of hydrogen-bond donors (Lipinski definition) is 3. The lowest BCUT2D eigenvalue weighted by Gasteiger charge is -2.16. The predicted molar refractivity (Wildman–Crippen MR) is 69.2 cm³/mol. The Labute approximate surface area is 121 Å². The molecule has 0 spiro atoms. The number of aliphatic hydroxyl groups excluding tert-OH is 3. The highest BCUT2D eigenvalue weighted by atomic mass is 32.1. The molecule has 1 saturated heterocycles. The summed E-state index contributed by atoms with van der Waals surface area (Å²) < 4.78 is 10.1. The van der Waals surface area contributed by atoms with Gasteiger partial charge in [-0.2, -0.15) is 0 Å². The summed E-state index contributed by atoms with van der Waals surface area (Å²) in [5.41, 5.74) is -0.881. The van der Waals surface area contributed by atoms with E-state index in [0.717, 1.165) is 13.2 Å². The van der Waals surface area contributed by atoms with Crippen molar-refractivity contribution in [2.75, 3.05) is 13.7 Å². The SMILES string of the molecule is COC(=O)c1cc(=O)n([C@H]2O[C@H](CO)[C@@H](O)[C@H]2O)c(=O)s1. The highest BCUT2D eigenvalue weighted by molar-refractivity contribution is 7.11. The molecule has 116 valence electrons. The van der Waals surface area contributed by atoms with E-state index in [2.05, 4.69) is 4.74 Å².